The molecule has 130 valence electrons. The minimum absolute atomic E-state index is 0.0877. The third kappa shape index (κ3) is 4.29. The average Bonchev–Trinajstić information content (AvgIpc) is 2.48. The second-order valence-corrected chi connectivity index (χ2v) is 5.99. The molecule has 0 saturated heterocycles. The molecule has 1 atom stereocenters. The Morgan fingerprint density at radius 3 is 2.67 bits per heavy atom. The zero-order valence-corrected chi connectivity index (χ0v) is 13.6. The van der Waals surface area contributed by atoms with Gasteiger partial charge in [-0.15, -0.1) is 0 Å². The molecule has 0 bridgehead atoms. The summed E-state index contributed by atoms with van der Waals surface area (Å²) in [6, 6.07) is 3.84. The number of fused-ring (bicyclic) bond motifs is 1. The van der Waals surface area contributed by atoms with Crippen molar-refractivity contribution in [3.63, 3.8) is 0 Å². The first-order valence-corrected chi connectivity index (χ1v) is 7.52. The van der Waals surface area contributed by atoms with E-state index in [1.54, 1.807) is 0 Å². The number of nitrogens with one attached hydrogen (secondary N) is 1. The highest BCUT2D eigenvalue weighted by Gasteiger charge is 2.34. The van der Waals surface area contributed by atoms with Gasteiger partial charge >= 0.3 is 5.97 Å². The number of nitrogens with zero attached hydrogens (tertiary/aromatic N) is 2. The van der Waals surface area contributed by atoms with Crippen LogP contribution in [-0.2, 0) is 14.4 Å². The fourth-order valence-electron chi connectivity index (χ4n) is 2.63. The van der Waals surface area contributed by atoms with E-state index in [1.165, 1.54) is 17.0 Å². The quantitative estimate of drug-likeness (QED) is 0.799. The van der Waals surface area contributed by atoms with Gasteiger partial charge in [0.15, 0.2) is 0 Å². The third-order valence-electron chi connectivity index (χ3n) is 3.81. The van der Waals surface area contributed by atoms with Crippen molar-refractivity contribution in [2.75, 3.05) is 39.0 Å². The number of carbonyl (C=O) groups excluding carboxylic acids is 2. The summed E-state index contributed by atoms with van der Waals surface area (Å²) in [5, 5.41) is 11.6. The zero-order valence-electron chi connectivity index (χ0n) is 13.6. The van der Waals surface area contributed by atoms with Crippen molar-refractivity contribution in [3.05, 3.63) is 29.6 Å². The molecule has 1 aliphatic heterocycles. The van der Waals surface area contributed by atoms with Crippen molar-refractivity contribution in [1.29, 1.82) is 0 Å². The lowest BCUT2D eigenvalue weighted by atomic mass is 9.89. The van der Waals surface area contributed by atoms with Crippen molar-refractivity contribution >= 4 is 23.5 Å². The Bertz CT molecular complexity index is 663. The van der Waals surface area contributed by atoms with E-state index >= 15 is 0 Å². The monoisotopic (exact) mass is 337 g/mol. The van der Waals surface area contributed by atoms with E-state index < -0.39 is 36.1 Å². The number of hydrogen-bond acceptors (Lipinski definition) is 4. The smallest absolute Gasteiger partial charge is 0.323 e. The molecule has 7 nitrogen and oxygen atoms in total. The summed E-state index contributed by atoms with van der Waals surface area (Å²) in [6.07, 6.45) is -0.0877. The second-order valence-electron chi connectivity index (χ2n) is 5.99. The number of anilines is 1. The van der Waals surface area contributed by atoms with Crippen LogP contribution >= 0.6 is 0 Å². The number of carbonyl (C=O) groups is 3. The summed E-state index contributed by atoms with van der Waals surface area (Å²) in [5.41, 5.74) is 0.758. The molecule has 1 aliphatic rings. The summed E-state index contributed by atoms with van der Waals surface area (Å²) >= 11 is 0. The van der Waals surface area contributed by atoms with Gasteiger partial charge in [0.05, 0.1) is 5.92 Å². The number of rotatable bonds is 6. The van der Waals surface area contributed by atoms with E-state index in [4.69, 9.17) is 5.11 Å². The molecule has 8 heteroatoms. The topological polar surface area (TPSA) is 90.0 Å². The van der Waals surface area contributed by atoms with Gasteiger partial charge in [-0.05, 0) is 31.8 Å². The Balaban J connectivity index is 2.28. The van der Waals surface area contributed by atoms with Gasteiger partial charge in [0.1, 0.15) is 12.4 Å². The molecular formula is C16H20FN3O4. The van der Waals surface area contributed by atoms with Crippen LogP contribution in [0.5, 0.6) is 0 Å². The third-order valence-corrected chi connectivity index (χ3v) is 3.81. The zero-order chi connectivity index (χ0) is 17.9. The normalized spacial score (nSPS) is 16.5. The average molecular weight is 337 g/mol. The molecule has 24 heavy (non-hydrogen) atoms. The van der Waals surface area contributed by atoms with E-state index in [2.05, 4.69) is 5.32 Å². The largest absolute Gasteiger partial charge is 0.480 e. The molecule has 1 aromatic carbocycles. The lowest BCUT2D eigenvalue weighted by Crippen LogP contribution is -2.44. The Kier molecular flexibility index (Phi) is 5.50. The summed E-state index contributed by atoms with van der Waals surface area (Å²) in [5.74, 6) is -3.29. The predicted molar refractivity (Wildman–Crippen MR) is 85.2 cm³/mol. The molecule has 2 amide bonds. The number of carboxylic acid groups (broad SMARTS) is 1. The number of aliphatic carboxylic acids is 1. The summed E-state index contributed by atoms with van der Waals surface area (Å²) < 4.78 is 13.4. The van der Waals surface area contributed by atoms with Crippen LogP contribution in [0, 0.1) is 5.82 Å². The lowest BCUT2D eigenvalue weighted by Gasteiger charge is -2.30. The number of hydrogen-bond donors (Lipinski definition) is 2. The van der Waals surface area contributed by atoms with Crippen LogP contribution in [0.3, 0.4) is 0 Å². The van der Waals surface area contributed by atoms with E-state index in [0.29, 0.717) is 12.1 Å². The van der Waals surface area contributed by atoms with Crippen molar-refractivity contribution in [1.82, 2.24) is 9.80 Å². The van der Waals surface area contributed by atoms with Crippen molar-refractivity contribution < 1.29 is 23.9 Å². The van der Waals surface area contributed by atoms with Crippen LogP contribution in [0.2, 0.25) is 0 Å². The highest BCUT2D eigenvalue weighted by molar-refractivity contribution is 6.01. The molecule has 1 aromatic rings. The number of benzene rings is 1. The van der Waals surface area contributed by atoms with E-state index in [9.17, 15) is 18.8 Å². The van der Waals surface area contributed by atoms with E-state index in [0.717, 1.165) is 6.07 Å². The van der Waals surface area contributed by atoms with Crippen molar-refractivity contribution in [3.8, 4) is 0 Å². The number of carboxylic acids is 1. The number of amides is 2. The Hall–Kier alpha value is -2.48. The first-order valence-electron chi connectivity index (χ1n) is 7.52. The van der Waals surface area contributed by atoms with Crippen LogP contribution in [0.15, 0.2) is 18.2 Å². The number of halogens is 1. The van der Waals surface area contributed by atoms with Gasteiger partial charge in [0, 0.05) is 25.2 Å². The maximum atomic E-state index is 13.4. The fraction of sp³-hybridized carbons (Fsp3) is 0.438. The van der Waals surface area contributed by atoms with Crippen LogP contribution in [0.25, 0.3) is 0 Å². The summed E-state index contributed by atoms with van der Waals surface area (Å²) in [4.78, 5) is 38.8. The highest BCUT2D eigenvalue weighted by Crippen LogP contribution is 2.34. The molecule has 0 fully saturated rings. The first-order chi connectivity index (χ1) is 11.3. The Morgan fingerprint density at radius 1 is 1.33 bits per heavy atom. The molecular weight excluding hydrogens is 317 g/mol. The summed E-state index contributed by atoms with van der Waals surface area (Å²) in [7, 11) is 3.63. The first kappa shape index (κ1) is 17.9. The number of likely N-dealkylation sites (N-methyl/N-ethyl adjacent to an activating group) is 1. The molecule has 0 unspecified atom stereocenters. The van der Waals surface area contributed by atoms with E-state index in [1.807, 2.05) is 19.0 Å². The summed E-state index contributed by atoms with van der Waals surface area (Å²) in [6.45, 7) is 0.280. The molecule has 0 radical (unpaired) electrons. The van der Waals surface area contributed by atoms with E-state index in [-0.39, 0.29) is 18.7 Å². The molecule has 1 heterocycles. The molecule has 0 aliphatic carbocycles. The maximum absolute atomic E-state index is 13.4. The van der Waals surface area contributed by atoms with Gasteiger partial charge < -0.3 is 20.2 Å². The van der Waals surface area contributed by atoms with Gasteiger partial charge in [-0.25, -0.2) is 4.39 Å². The van der Waals surface area contributed by atoms with Gasteiger partial charge in [0.25, 0.3) is 0 Å². The van der Waals surface area contributed by atoms with Crippen LogP contribution in [0.1, 0.15) is 17.9 Å². The molecule has 0 saturated carbocycles. The van der Waals surface area contributed by atoms with Gasteiger partial charge in [-0.3, -0.25) is 14.4 Å². The molecule has 2 N–H and O–H groups in total. The minimum Gasteiger partial charge on any atom is -0.480 e. The van der Waals surface area contributed by atoms with Crippen LogP contribution in [0.4, 0.5) is 10.1 Å². The van der Waals surface area contributed by atoms with Gasteiger partial charge in [-0.1, -0.05) is 6.07 Å². The van der Waals surface area contributed by atoms with Crippen LogP contribution < -0.4 is 5.32 Å². The standard InChI is InChI=1S/C16H20FN3O4/c1-19(2)5-6-20(9-15(22)23)16(24)12-8-14(21)18-13-7-10(17)3-4-11(12)13/h3-4,7,12H,5-6,8-9H2,1-2H3,(H,18,21)(H,22,23)/t12-/m0/s1. The molecule has 0 aromatic heterocycles. The lowest BCUT2D eigenvalue weighted by molar-refractivity contribution is -0.145. The van der Waals surface area contributed by atoms with Crippen molar-refractivity contribution in [2.24, 2.45) is 0 Å². The minimum atomic E-state index is -1.12. The maximum Gasteiger partial charge on any atom is 0.323 e. The van der Waals surface area contributed by atoms with Gasteiger partial charge in [-0.2, -0.15) is 0 Å². The van der Waals surface area contributed by atoms with Crippen LogP contribution in [-0.4, -0.2) is 66.4 Å². The molecule has 0 spiro atoms. The van der Waals surface area contributed by atoms with Crippen molar-refractivity contribution in [2.45, 2.75) is 12.3 Å². The highest BCUT2D eigenvalue weighted by atomic mass is 19.1. The predicted octanol–water partition coefficient (Wildman–Crippen LogP) is 0.726. The fourth-order valence-corrected chi connectivity index (χ4v) is 2.63. The molecule has 2 rings (SSSR count). The Morgan fingerprint density at radius 2 is 2.04 bits per heavy atom. The van der Waals surface area contributed by atoms with Gasteiger partial charge in [0.2, 0.25) is 11.8 Å². The SMILES string of the molecule is CN(C)CCN(CC(=O)O)C(=O)[C@H]1CC(=O)Nc2cc(F)ccc21. The Labute approximate surface area is 139 Å². The second kappa shape index (κ2) is 7.39.